The van der Waals surface area contributed by atoms with Crippen LogP contribution >= 0.6 is 0 Å². The van der Waals surface area contributed by atoms with Gasteiger partial charge in [0.25, 0.3) is 11.6 Å². The van der Waals surface area contributed by atoms with Crippen molar-refractivity contribution in [1.29, 1.82) is 0 Å². The van der Waals surface area contributed by atoms with Crippen molar-refractivity contribution in [3.63, 3.8) is 0 Å². The molecule has 7 heteroatoms. The zero-order valence-electron chi connectivity index (χ0n) is 12.4. The van der Waals surface area contributed by atoms with Crippen LogP contribution in [0.3, 0.4) is 0 Å². The van der Waals surface area contributed by atoms with Gasteiger partial charge in [-0.05, 0) is 23.8 Å². The number of methoxy groups -OCH3 is 1. The van der Waals surface area contributed by atoms with Crippen molar-refractivity contribution in [3.05, 3.63) is 75.6 Å². The largest absolute Gasteiger partial charge is 0.375 e. The van der Waals surface area contributed by atoms with Gasteiger partial charge in [0.1, 0.15) is 11.4 Å². The Morgan fingerprint density at radius 2 is 2.04 bits per heavy atom. The first-order valence-corrected chi connectivity index (χ1v) is 6.83. The minimum atomic E-state index is -0.616. The molecule has 1 amide bonds. The van der Waals surface area contributed by atoms with Crippen LogP contribution < -0.4 is 5.32 Å². The van der Waals surface area contributed by atoms with Crippen molar-refractivity contribution in [2.75, 3.05) is 13.7 Å². The topological polar surface area (TPSA) is 81.5 Å². The summed E-state index contributed by atoms with van der Waals surface area (Å²) in [6.45, 7) is 0.0604. The fraction of sp³-hybridized carbons (Fsp3) is 0.188. The van der Waals surface area contributed by atoms with E-state index >= 15 is 0 Å². The Morgan fingerprint density at radius 1 is 1.30 bits per heavy atom. The number of halogens is 1. The van der Waals surface area contributed by atoms with E-state index in [-0.39, 0.29) is 17.8 Å². The van der Waals surface area contributed by atoms with Crippen LogP contribution in [0.15, 0.2) is 48.5 Å². The van der Waals surface area contributed by atoms with E-state index in [4.69, 9.17) is 4.74 Å². The number of carbonyl (C=O) groups excluding carboxylic acids is 1. The summed E-state index contributed by atoms with van der Waals surface area (Å²) in [6.07, 6.45) is -0.558. The Bertz CT molecular complexity index is 721. The third-order valence-corrected chi connectivity index (χ3v) is 3.30. The van der Waals surface area contributed by atoms with Crippen molar-refractivity contribution in [1.82, 2.24) is 5.32 Å². The number of amides is 1. The van der Waals surface area contributed by atoms with Gasteiger partial charge < -0.3 is 10.1 Å². The van der Waals surface area contributed by atoms with Crippen LogP contribution in [0.2, 0.25) is 0 Å². The Kier molecular flexibility index (Phi) is 5.37. The average molecular weight is 318 g/mol. The second kappa shape index (κ2) is 7.46. The molecule has 0 spiro atoms. The molecule has 0 aliphatic carbocycles. The maximum Gasteiger partial charge on any atom is 0.282 e. The van der Waals surface area contributed by atoms with Crippen molar-refractivity contribution >= 4 is 11.6 Å². The quantitative estimate of drug-likeness (QED) is 0.656. The second-order valence-corrected chi connectivity index (χ2v) is 4.76. The van der Waals surface area contributed by atoms with Gasteiger partial charge in [0.15, 0.2) is 0 Å². The molecule has 6 nitrogen and oxygen atoms in total. The maximum absolute atomic E-state index is 13.3. The summed E-state index contributed by atoms with van der Waals surface area (Å²) >= 11 is 0. The van der Waals surface area contributed by atoms with E-state index in [1.165, 1.54) is 37.4 Å². The summed E-state index contributed by atoms with van der Waals surface area (Å²) in [5.74, 6) is -0.995. The number of hydrogen-bond acceptors (Lipinski definition) is 4. The van der Waals surface area contributed by atoms with Crippen LogP contribution in [-0.2, 0) is 4.74 Å². The molecule has 0 bridgehead atoms. The molecule has 0 radical (unpaired) electrons. The first kappa shape index (κ1) is 16.6. The van der Waals surface area contributed by atoms with E-state index in [2.05, 4.69) is 5.32 Å². The van der Waals surface area contributed by atoms with Gasteiger partial charge in [-0.1, -0.05) is 24.3 Å². The summed E-state index contributed by atoms with van der Waals surface area (Å²) in [5.41, 5.74) is 0.256. The van der Waals surface area contributed by atoms with Crippen LogP contribution in [0.1, 0.15) is 22.0 Å². The van der Waals surface area contributed by atoms with Gasteiger partial charge in [0.2, 0.25) is 0 Å². The number of hydrogen-bond donors (Lipinski definition) is 1. The van der Waals surface area contributed by atoms with Crippen LogP contribution in [0.5, 0.6) is 0 Å². The number of nitrogens with one attached hydrogen (secondary N) is 1. The van der Waals surface area contributed by atoms with Crippen LogP contribution in [0.25, 0.3) is 0 Å². The normalized spacial score (nSPS) is 11.7. The molecule has 0 heterocycles. The first-order chi connectivity index (χ1) is 11.0. The standard InChI is InChI=1S/C16H15FN2O4/c1-23-15(11-5-4-6-12(17)9-11)10-18-16(20)13-7-2-3-8-14(13)19(21)22/h2-9,15H,10H2,1H3,(H,18,20). The van der Waals surface area contributed by atoms with Gasteiger partial charge in [-0.2, -0.15) is 0 Å². The second-order valence-electron chi connectivity index (χ2n) is 4.76. The molecular formula is C16H15FN2O4. The fourth-order valence-electron chi connectivity index (χ4n) is 2.15. The number of rotatable bonds is 6. The molecule has 0 aliphatic heterocycles. The molecule has 0 aliphatic rings. The summed E-state index contributed by atoms with van der Waals surface area (Å²) in [6, 6.07) is 11.5. The number of ether oxygens (including phenoxy) is 1. The lowest BCUT2D eigenvalue weighted by Crippen LogP contribution is -2.29. The smallest absolute Gasteiger partial charge is 0.282 e. The molecule has 0 saturated heterocycles. The molecule has 1 N–H and O–H groups in total. The van der Waals surface area contributed by atoms with E-state index in [0.717, 1.165) is 0 Å². The number of nitrogens with zero attached hydrogens (tertiary/aromatic N) is 1. The summed E-state index contributed by atoms with van der Waals surface area (Å²) in [7, 11) is 1.44. The summed E-state index contributed by atoms with van der Waals surface area (Å²) in [5, 5.41) is 13.5. The molecular weight excluding hydrogens is 303 g/mol. The lowest BCUT2D eigenvalue weighted by Gasteiger charge is -2.16. The number of benzene rings is 2. The van der Waals surface area contributed by atoms with Crippen molar-refractivity contribution in [2.24, 2.45) is 0 Å². The lowest BCUT2D eigenvalue weighted by atomic mass is 10.1. The van der Waals surface area contributed by atoms with Crippen molar-refractivity contribution in [2.45, 2.75) is 6.10 Å². The molecule has 0 fully saturated rings. The minimum absolute atomic E-state index is 0.0356. The number of para-hydroxylation sites is 1. The van der Waals surface area contributed by atoms with E-state index in [1.807, 2.05) is 0 Å². The van der Waals surface area contributed by atoms with E-state index in [0.29, 0.717) is 5.56 Å². The van der Waals surface area contributed by atoms with E-state index in [9.17, 15) is 19.3 Å². The molecule has 2 rings (SSSR count). The Labute approximate surface area is 132 Å². The Hall–Kier alpha value is -2.80. The first-order valence-electron chi connectivity index (χ1n) is 6.83. The maximum atomic E-state index is 13.3. The van der Waals surface area contributed by atoms with Crippen molar-refractivity contribution in [3.8, 4) is 0 Å². The third kappa shape index (κ3) is 4.10. The molecule has 0 saturated carbocycles. The third-order valence-electron chi connectivity index (χ3n) is 3.30. The van der Waals surface area contributed by atoms with Gasteiger partial charge in [0.05, 0.1) is 11.0 Å². The monoisotopic (exact) mass is 318 g/mol. The number of nitro benzene ring substituents is 1. The van der Waals surface area contributed by atoms with Gasteiger partial charge >= 0.3 is 0 Å². The highest BCUT2D eigenvalue weighted by atomic mass is 19.1. The highest BCUT2D eigenvalue weighted by Gasteiger charge is 2.20. The Morgan fingerprint density at radius 3 is 2.70 bits per heavy atom. The predicted molar refractivity (Wildman–Crippen MR) is 81.6 cm³/mol. The van der Waals surface area contributed by atoms with Crippen LogP contribution in [-0.4, -0.2) is 24.5 Å². The summed E-state index contributed by atoms with van der Waals surface area (Å²) in [4.78, 5) is 22.5. The van der Waals surface area contributed by atoms with Gasteiger partial charge in [-0.15, -0.1) is 0 Å². The summed E-state index contributed by atoms with van der Waals surface area (Å²) < 4.78 is 18.5. The zero-order valence-corrected chi connectivity index (χ0v) is 12.4. The van der Waals surface area contributed by atoms with Gasteiger partial charge in [0, 0.05) is 19.7 Å². The number of nitro groups is 1. The molecule has 1 atom stereocenters. The lowest BCUT2D eigenvalue weighted by molar-refractivity contribution is -0.385. The van der Waals surface area contributed by atoms with Crippen molar-refractivity contribution < 1.29 is 18.8 Å². The van der Waals surface area contributed by atoms with E-state index in [1.54, 1.807) is 18.2 Å². The zero-order chi connectivity index (χ0) is 16.8. The van der Waals surface area contributed by atoms with Crippen LogP contribution in [0.4, 0.5) is 10.1 Å². The van der Waals surface area contributed by atoms with E-state index < -0.39 is 22.8 Å². The minimum Gasteiger partial charge on any atom is -0.375 e. The predicted octanol–water partition coefficient (Wildman–Crippen LogP) is 2.85. The highest BCUT2D eigenvalue weighted by molar-refractivity contribution is 5.98. The molecule has 2 aromatic rings. The fourth-order valence-corrected chi connectivity index (χ4v) is 2.15. The molecule has 2 aromatic carbocycles. The number of carbonyl (C=O) groups is 1. The van der Waals surface area contributed by atoms with Gasteiger partial charge in [-0.25, -0.2) is 4.39 Å². The average Bonchev–Trinajstić information content (AvgIpc) is 2.55. The van der Waals surface area contributed by atoms with Gasteiger partial charge in [-0.3, -0.25) is 14.9 Å². The molecule has 120 valence electrons. The molecule has 23 heavy (non-hydrogen) atoms. The SMILES string of the molecule is COC(CNC(=O)c1ccccc1[N+](=O)[O-])c1cccc(F)c1. The molecule has 0 aromatic heterocycles. The van der Waals surface area contributed by atoms with Crippen LogP contribution in [0, 0.1) is 15.9 Å². The Balaban J connectivity index is 2.10. The molecule has 1 unspecified atom stereocenters. The highest BCUT2D eigenvalue weighted by Crippen LogP contribution is 2.19.